The van der Waals surface area contributed by atoms with E-state index in [1.54, 1.807) is 0 Å². The smallest absolute Gasteiger partial charge is 0.195 e. The van der Waals surface area contributed by atoms with Crippen molar-refractivity contribution in [1.82, 2.24) is 10.2 Å². The fourth-order valence-electron chi connectivity index (χ4n) is 2.70. The Hall–Kier alpha value is -2.03. The summed E-state index contributed by atoms with van der Waals surface area (Å²) in [6, 6.07) is 9.82. The first-order valence-corrected chi connectivity index (χ1v) is 7.11. The molecule has 1 aliphatic rings. The topological polar surface area (TPSA) is 42.9 Å². The summed E-state index contributed by atoms with van der Waals surface area (Å²) in [5.41, 5.74) is 4.17. The normalized spacial score (nSPS) is 14.9. The van der Waals surface area contributed by atoms with Crippen LogP contribution in [0.5, 0.6) is 0 Å². The summed E-state index contributed by atoms with van der Waals surface area (Å²) in [6.45, 7) is 3.70. The van der Waals surface area contributed by atoms with Crippen LogP contribution in [0.15, 0.2) is 30.3 Å². The quantitative estimate of drug-likeness (QED) is 0.797. The molecule has 0 saturated heterocycles. The van der Waals surface area contributed by atoms with Crippen LogP contribution in [0.2, 0.25) is 0 Å². The van der Waals surface area contributed by atoms with E-state index in [4.69, 9.17) is 0 Å². The van der Waals surface area contributed by atoms with Gasteiger partial charge < -0.3 is 0 Å². The number of rotatable bonds is 3. The Balaban J connectivity index is 2.04. The fourth-order valence-corrected chi connectivity index (χ4v) is 2.70. The van der Waals surface area contributed by atoms with E-state index in [1.807, 2.05) is 38.1 Å². The molecule has 0 N–H and O–H groups in total. The number of hydrogen-bond donors (Lipinski definition) is 0. The average molecular weight is 266 g/mol. The summed E-state index contributed by atoms with van der Waals surface area (Å²) in [4.78, 5) is 12.8. The van der Waals surface area contributed by atoms with E-state index < -0.39 is 0 Å². The number of carbonyl (C=O) groups is 1. The van der Waals surface area contributed by atoms with Gasteiger partial charge in [0.25, 0.3) is 0 Å². The van der Waals surface area contributed by atoms with Crippen LogP contribution < -0.4 is 0 Å². The van der Waals surface area contributed by atoms with Crippen LogP contribution >= 0.6 is 0 Å². The van der Waals surface area contributed by atoms with Gasteiger partial charge in [0.2, 0.25) is 0 Å². The number of ketones is 1. The second-order valence-electron chi connectivity index (χ2n) is 5.53. The van der Waals surface area contributed by atoms with E-state index >= 15 is 0 Å². The molecule has 1 aromatic heterocycles. The third-order valence-corrected chi connectivity index (χ3v) is 4.10. The molecule has 1 fully saturated rings. The molecule has 0 aliphatic heterocycles. The van der Waals surface area contributed by atoms with Crippen molar-refractivity contribution in [2.45, 2.75) is 39.0 Å². The Morgan fingerprint density at radius 2 is 1.85 bits per heavy atom. The highest BCUT2D eigenvalue weighted by atomic mass is 16.1. The fraction of sp³-hybridized carbons (Fsp3) is 0.353. The molecule has 0 bridgehead atoms. The summed E-state index contributed by atoms with van der Waals surface area (Å²) in [5.74, 6) is 0.620. The minimum atomic E-state index is 0.0722. The summed E-state index contributed by atoms with van der Waals surface area (Å²) in [6.07, 6.45) is 3.65. The molecular weight excluding hydrogens is 248 g/mol. The summed E-state index contributed by atoms with van der Waals surface area (Å²) in [7, 11) is 0. The highest BCUT2D eigenvalue weighted by Gasteiger charge is 2.25. The third-order valence-electron chi connectivity index (χ3n) is 4.10. The maximum atomic E-state index is 12.8. The number of hydrogen-bond acceptors (Lipinski definition) is 3. The first kappa shape index (κ1) is 13.0. The predicted molar refractivity (Wildman–Crippen MR) is 78.0 cm³/mol. The van der Waals surface area contributed by atoms with Crippen molar-refractivity contribution in [3.8, 4) is 0 Å². The highest BCUT2D eigenvalue weighted by molar-refractivity contribution is 6.10. The molecule has 0 atom stereocenters. The van der Waals surface area contributed by atoms with E-state index in [-0.39, 0.29) is 5.78 Å². The van der Waals surface area contributed by atoms with Gasteiger partial charge in [-0.15, -0.1) is 0 Å². The molecule has 3 nitrogen and oxygen atoms in total. The molecule has 0 spiro atoms. The van der Waals surface area contributed by atoms with Gasteiger partial charge in [0.05, 0.1) is 11.4 Å². The molecule has 2 aromatic rings. The Kier molecular flexibility index (Phi) is 3.35. The SMILES string of the molecule is Cc1cc(C(=O)c2ccccc2C2CCC2)c(C)nn1. The van der Waals surface area contributed by atoms with E-state index in [1.165, 1.54) is 24.8 Å². The van der Waals surface area contributed by atoms with Crippen LogP contribution in [-0.2, 0) is 0 Å². The van der Waals surface area contributed by atoms with Gasteiger partial charge in [-0.3, -0.25) is 4.79 Å². The van der Waals surface area contributed by atoms with Gasteiger partial charge in [0, 0.05) is 11.1 Å². The zero-order valence-electron chi connectivity index (χ0n) is 11.9. The lowest BCUT2D eigenvalue weighted by Gasteiger charge is -2.27. The van der Waals surface area contributed by atoms with Crippen molar-refractivity contribution in [3.05, 3.63) is 58.4 Å². The Bertz CT molecular complexity index is 660. The van der Waals surface area contributed by atoms with E-state index in [2.05, 4.69) is 16.3 Å². The van der Waals surface area contributed by atoms with Crippen molar-refractivity contribution in [1.29, 1.82) is 0 Å². The second kappa shape index (κ2) is 5.16. The van der Waals surface area contributed by atoms with Crippen LogP contribution in [0.4, 0.5) is 0 Å². The molecule has 102 valence electrons. The molecule has 3 rings (SSSR count). The van der Waals surface area contributed by atoms with Crippen LogP contribution in [-0.4, -0.2) is 16.0 Å². The van der Waals surface area contributed by atoms with Gasteiger partial charge in [0.1, 0.15) is 0 Å². The van der Waals surface area contributed by atoms with E-state index in [9.17, 15) is 4.79 Å². The van der Waals surface area contributed by atoms with Crippen molar-refractivity contribution in [2.75, 3.05) is 0 Å². The Morgan fingerprint density at radius 1 is 1.10 bits per heavy atom. The molecular formula is C17H18N2O. The maximum Gasteiger partial charge on any atom is 0.195 e. The van der Waals surface area contributed by atoms with Gasteiger partial charge in [-0.2, -0.15) is 10.2 Å². The average Bonchev–Trinajstić information content (AvgIpc) is 2.39. The van der Waals surface area contributed by atoms with Gasteiger partial charge >= 0.3 is 0 Å². The van der Waals surface area contributed by atoms with Crippen LogP contribution in [0.25, 0.3) is 0 Å². The molecule has 1 heterocycles. The Labute approximate surface area is 119 Å². The first-order chi connectivity index (χ1) is 9.66. The van der Waals surface area contributed by atoms with E-state index in [0.29, 0.717) is 17.2 Å². The molecule has 20 heavy (non-hydrogen) atoms. The Morgan fingerprint density at radius 3 is 2.55 bits per heavy atom. The number of aromatic nitrogens is 2. The first-order valence-electron chi connectivity index (χ1n) is 7.11. The standard InChI is InChI=1S/C17H18N2O/c1-11-10-16(12(2)19-18-11)17(20)15-9-4-3-8-14(15)13-6-5-7-13/h3-4,8-10,13H,5-7H2,1-2H3. The largest absolute Gasteiger partial charge is 0.289 e. The number of nitrogens with zero attached hydrogens (tertiary/aromatic N) is 2. The molecule has 0 amide bonds. The number of benzene rings is 1. The van der Waals surface area contributed by atoms with Crippen molar-refractivity contribution >= 4 is 5.78 Å². The lowest BCUT2D eigenvalue weighted by molar-refractivity contribution is 0.103. The summed E-state index contributed by atoms with van der Waals surface area (Å²) < 4.78 is 0. The predicted octanol–water partition coefficient (Wildman–Crippen LogP) is 3.59. The molecule has 3 heteroatoms. The van der Waals surface area contributed by atoms with Gasteiger partial charge in [-0.05, 0) is 44.2 Å². The lowest BCUT2D eigenvalue weighted by atomic mass is 9.77. The molecule has 1 aromatic carbocycles. The van der Waals surface area contributed by atoms with Crippen molar-refractivity contribution in [3.63, 3.8) is 0 Å². The monoisotopic (exact) mass is 266 g/mol. The summed E-state index contributed by atoms with van der Waals surface area (Å²) in [5, 5.41) is 8.06. The highest BCUT2D eigenvalue weighted by Crippen LogP contribution is 2.38. The van der Waals surface area contributed by atoms with Crippen LogP contribution in [0, 0.1) is 13.8 Å². The molecule has 0 radical (unpaired) electrons. The zero-order chi connectivity index (χ0) is 14.1. The molecule has 1 saturated carbocycles. The van der Waals surface area contributed by atoms with Crippen LogP contribution in [0.3, 0.4) is 0 Å². The maximum absolute atomic E-state index is 12.8. The van der Waals surface area contributed by atoms with Gasteiger partial charge in [0.15, 0.2) is 5.78 Å². The third kappa shape index (κ3) is 2.24. The van der Waals surface area contributed by atoms with Crippen molar-refractivity contribution in [2.24, 2.45) is 0 Å². The zero-order valence-corrected chi connectivity index (χ0v) is 11.9. The lowest BCUT2D eigenvalue weighted by Crippen LogP contribution is -2.15. The van der Waals surface area contributed by atoms with Gasteiger partial charge in [-0.25, -0.2) is 0 Å². The minimum Gasteiger partial charge on any atom is -0.289 e. The molecule has 0 unspecified atom stereocenters. The summed E-state index contributed by atoms with van der Waals surface area (Å²) >= 11 is 0. The van der Waals surface area contributed by atoms with Crippen molar-refractivity contribution < 1.29 is 4.79 Å². The van der Waals surface area contributed by atoms with E-state index in [0.717, 1.165) is 11.3 Å². The number of aryl methyl sites for hydroxylation is 2. The minimum absolute atomic E-state index is 0.0722. The second-order valence-corrected chi connectivity index (χ2v) is 5.53. The van der Waals surface area contributed by atoms with Gasteiger partial charge in [-0.1, -0.05) is 30.7 Å². The van der Waals surface area contributed by atoms with Crippen LogP contribution in [0.1, 0.15) is 58.1 Å². The number of carbonyl (C=O) groups excluding carboxylic acids is 1. The molecule has 1 aliphatic carbocycles.